The van der Waals surface area contributed by atoms with E-state index < -0.39 is 0 Å². The third-order valence-electron chi connectivity index (χ3n) is 5.35. The molecule has 0 spiro atoms. The molecular weight excluding hydrogens is 300 g/mol. The first kappa shape index (κ1) is 15.6. The van der Waals surface area contributed by atoms with Gasteiger partial charge in [0.25, 0.3) is 0 Å². The van der Waals surface area contributed by atoms with Crippen LogP contribution in [0.5, 0.6) is 0 Å². The molecule has 24 heavy (non-hydrogen) atoms. The molecule has 1 aliphatic carbocycles. The molecule has 2 aliphatic rings. The third-order valence-corrected chi connectivity index (χ3v) is 5.35. The Balaban J connectivity index is 1.46. The summed E-state index contributed by atoms with van der Waals surface area (Å²) in [4.78, 5) is 11.5. The van der Waals surface area contributed by atoms with Crippen LogP contribution in [0.25, 0.3) is 11.0 Å². The van der Waals surface area contributed by atoms with E-state index in [9.17, 15) is 0 Å². The highest BCUT2D eigenvalue weighted by molar-refractivity contribution is 5.76. The molecule has 3 heterocycles. The minimum absolute atomic E-state index is 0.243. The lowest BCUT2D eigenvalue weighted by atomic mass is 10.1. The maximum absolute atomic E-state index is 5.41. The largest absolute Gasteiger partial charge is 0.381 e. The van der Waals surface area contributed by atoms with Crippen molar-refractivity contribution in [2.75, 3.05) is 26.7 Å². The molecule has 5 heteroatoms. The van der Waals surface area contributed by atoms with Gasteiger partial charge in [0.1, 0.15) is 5.65 Å². The number of likely N-dealkylation sites (tertiary alicyclic amines) is 1. The highest BCUT2D eigenvalue weighted by atomic mass is 16.5. The molecule has 2 fully saturated rings. The van der Waals surface area contributed by atoms with Crippen LogP contribution in [0.15, 0.2) is 18.5 Å². The number of hydrogen-bond acceptors (Lipinski definition) is 4. The van der Waals surface area contributed by atoms with E-state index in [4.69, 9.17) is 4.74 Å². The number of piperidine rings is 1. The number of ether oxygens (including phenoxy) is 1. The van der Waals surface area contributed by atoms with Gasteiger partial charge in [-0.25, -0.2) is 9.97 Å². The van der Waals surface area contributed by atoms with E-state index in [-0.39, 0.29) is 5.54 Å². The fourth-order valence-electron chi connectivity index (χ4n) is 3.37. The zero-order chi connectivity index (χ0) is 16.6. The van der Waals surface area contributed by atoms with Crippen molar-refractivity contribution in [2.45, 2.75) is 44.2 Å². The summed E-state index contributed by atoms with van der Waals surface area (Å²) in [7, 11) is 1.80. The second-order valence-corrected chi connectivity index (χ2v) is 7.17. The van der Waals surface area contributed by atoms with Gasteiger partial charge in [0.2, 0.25) is 5.82 Å². The second kappa shape index (κ2) is 6.19. The molecule has 1 saturated heterocycles. The lowest BCUT2D eigenvalue weighted by molar-refractivity contribution is 0.0450. The molecule has 0 amide bonds. The second-order valence-electron chi connectivity index (χ2n) is 7.17. The molecule has 0 radical (unpaired) electrons. The molecular formula is C19H24N4O. The summed E-state index contributed by atoms with van der Waals surface area (Å²) in [6.45, 7) is 5.16. The average molecular weight is 324 g/mol. The van der Waals surface area contributed by atoms with Crippen LogP contribution in [0.3, 0.4) is 0 Å². The maximum Gasteiger partial charge on any atom is 0.206 e. The summed E-state index contributed by atoms with van der Waals surface area (Å²) in [6.07, 6.45) is 9.05. The van der Waals surface area contributed by atoms with Crippen LogP contribution in [-0.4, -0.2) is 52.3 Å². The number of methoxy groups -OCH3 is 1. The topological polar surface area (TPSA) is 43.2 Å². The van der Waals surface area contributed by atoms with Crippen molar-refractivity contribution in [1.82, 2.24) is 19.4 Å². The Morgan fingerprint density at radius 1 is 1.33 bits per heavy atom. The molecule has 0 unspecified atom stereocenters. The average Bonchev–Trinajstić information content (AvgIpc) is 3.20. The van der Waals surface area contributed by atoms with E-state index in [1.807, 2.05) is 6.20 Å². The van der Waals surface area contributed by atoms with E-state index in [1.54, 1.807) is 7.11 Å². The third kappa shape index (κ3) is 3.04. The van der Waals surface area contributed by atoms with Crippen molar-refractivity contribution in [3.05, 3.63) is 24.3 Å². The van der Waals surface area contributed by atoms with E-state index in [0.29, 0.717) is 11.9 Å². The molecule has 0 bridgehead atoms. The lowest BCUT2D eigenvalue weighted by Gasteiger charge is -2.29. The van der Waals surface area contributed by atoms with Crippen LogP contribution >= 0.6 is 0 Å². The number of hydrogen-bond donors (Lipinski definition) is 0. The number of fused-ring (bicyclic) bond motifs is 1. The standard InChI is InChI=1S/C19H24N4O/c1-19(8-9-19)23-13-5-15-14-20-17(21-18(15)23)4-3-10-22-11-6-16(24-2)7-12-22/h5,13-14,16H,6-12H2,1-2H3. The van der Waals surface area contributed by atoms with Crippen molar-refractivity contribution in [1.29, 1.82) is 0 Å². The predicted molar refractivity (Wildman–Crippen MR) is 93.8 cm³/mol. The Hall–Kier alpha value is -1.90. The molecule has 1 aliphatic heterocycles. The van der Waals surface area contributed by atoms with E-state index >= 15 is 0 Å². The van der Waals surface area contributed by atoms with Gasteiger partial charge in [0, 0.05) is 43.5 Å². The SMILES string of the molecule is COC1CCN(CC#Cc2ncc3ccn(C4(C)CC4)c3n2)CC1. The van der Waals surface area contributed by atoms with Gasteiger partial charge in [0.05, 0.1) is 12.6 Å². The summed E-state index contributed by atoms with van der Waals surface area (Å²) in [5, 5.41) is 1.09. The van der Waals surface area contributed by atoms with Gasteiger partial charge >= 0.3 is 0 Å². The molecule has 0 aromatic carbocycles. The number of rotatable bonds is 3. The molecule has 2 aromatic rings. The van der Waals surface area contributed by atoms with Gasteiger partial charge in [-0.2, -0.15) is 0 Å². The predicted octanol–water partition coefficient (Wildman–Crippen LogP) is 2.40. The number of nitrogens with zero attached hydrogens (tertiary/aromatic N) is 4. The fourth-order valence-corrected chi connectivity index (χ4v) is 3.37. The first-order valence-corrected chi connectivity index (χ1v) is 8.76. The normalized spacial score (nSPS) is 20.8. The zero-order valence-electron chi connectivity index (χ0n) is 14.5. The van der Waals surface area contributed by atoms with Crippen molar-refractivity contribution in [2.24, 2.45) is 0 Å². The van der Waals surface area contributed by atoms with Crippen LogP contribution in [0.1, 0.15) is 38.4 Å². The van der Waals surface area contributed by atoms with Crippen molar-refractivity contribution < 1.29 is 4.74 Å². The van der Waals surface area contributed by atoms with E-state index in [0.717, 1.165) is 43.5 Å². The van der Waals surface area contributed by atoms with Crippen molar-refractivity contribution >= 4 is 11.0 Å². The van der Waals surface area contributed by atoms with Crippen LogP contribution in [-0.2, 0) is 10.3 Å². The fraction of sp³-hybridized carbons (Fsp3) is 0.579. The minimum atomic E-state index is 0.243. The monoisotopic (exact) mass is 324 g/mol. The summed E-state index contributed by atoms with van der Waals surface area (Å²) in [5.41, 5.74) is 1.25. The summed E-state index contributed by atoms with van der Waals surface area (Å²) < 4.78 is 7.69. The van der Waals surface area contributed by atoms with Gasteiger partial charge in [-0.05, 0) is 44.6 Å². The van der Waals surface area contributed by atoms with Gasteiger partial charge < -0.3 is 9.30 Å². The van der Waals surface area contributed by atoms with Crippen LogP contribution in [0.4, 0.5) is 0 Å². The molecule has 1 saturated carbocycles. The summed E-state index contributed by atoms with van der Waals surface area (Å²) in [6, 6.07) is 2.09. The van der Waals surface area contributed by atoms with E-state index in [1.165, 1.54) is 12.8 Å². The van der Waals surface area contributed by atoms with Crippen molar-refractivity contribution in [3.8, 4) is 11.8 Å². The molecule has 0 atom stereocenters. The molecule has 2 aromatic heterocycles. The van der Waals surface area contributed by atoms with Crippen LogP contribution < -0.4 is 0 Å². The summed E-state index contributed by atoms with van der Waals surface area (Å²) >= 11 is 0. The van der Waals surface area contributed by atoms with Gasteiger partial charge in [-0.3, -0.25) is 4.90 Å². The van der Waals surface area contributed by atoms with Gasteiger partial charge in [0.15, 0.2) is 0 Å². The van der Waals surface area contributed by atoms with Crippen LogP contribution in [0, 0.1) is 11.8 Å². The molecule has 4 rings (SSSR count). The molecule has 5 nitrogen and oxygen atoms in total. The Labute approximate surface area is 143 Å². The lowest BCUT2D eigenvalue weighted by Crippen LogP contribution is -2.36. The van der Waals surface area contributed by atoms with Gasteiger partial charge in [-0.15, -0.1) is 0 Å². The first-order chi connectivity index (χ1) is 11.7. The zero-order valence-corrected chi connectivity index (χ0v) is 14.5. The highest BCUT2D eigenvalue weighted by Gasteiger charge is 2.40. The maximum atomic E-state index is 5.41. The van der Waals surface area contributed by atoms with Crippen LogP contribution in [0.2, 0.25) is 0 Å². The Bertz CT molecular complexity index is 789. The Morgan fingerprint density at radius 2 is 2.12 bits per heavy atom. The van der Waals surface area contributed by atoms with E-state index in [2.05, 4.69) is 50.5 Å². The minimum Gasteiger partial charge on any atom is -0.381 e. The smallest absolute Gasteiger partial charge is 0.206 e. The summed E-state index contributed by atoms with van der Waals surface area (Å²) in [5.74, 6) is 7.00. The van der Waals surface area contributed by atoms with Crippen molar-refractivity contribution in [3.63, 3.8) is 0 Å². The number of aromatic nitrogens is 3. The van der Waals surface area contributed by atoms with Gasteiger partial charge in [-0.1, -0.05) is 5.92 Å². The molecule has 0 N–H and O–H groups in total. The Morgan fingerprint density at radius 3 is 2.83 bits per heavy atom. The first-order valence-electron chi connectivity index (χ1n) is 8.76. The highest BCUT2D eigenvalue weighted by Crippen LogP contribution is 2.44. The molecule has 126 valence electrons. The quantitative estimate of drug-likeness (QED) is 0.813. The Kier molecular flexibility index (Phi) is 4.03.